The summed E-state index contributed by atoms with van der Waals surface area (Å²) >= 11 is 0. The van der Waals surface area contributed by atoms with Crippen LogP contribution in [0.25, 0.3) is 0 Å². The fourth-order valence-electron chi connectivity index (χ4n) is 2.87. The maximum Gasteiger partial charge on any atom is 0.274 e. The van der Waals surface area contributed by atoms with Crippen LogP contribution in [0.5, 0.6) is 0 Å². The van der Waals surface area contributed by atoms with Gasteiger partial charge in [-0.15, -0.1) is 0 Å². The third-order valence-electron chi connectivity index (χ3n) is 4.06. The van der Waals surface area contributed by atoms with Gasteiger partial charge >= 0.3 is 0 Å². The van der Waals surface area contributed by atoms with Gasteiger partial charge in [0.1, 0.15) is 11.9 Å². The van der Waals surface area contributed by atoms with E-state index >= 15 is 0 Å². The van der Waals surface area contributed by atoms with Gasteiger partial charge in [0.25, 0.3) is 5.69 Å². The zero-order valence-corrected chi connectivity index (χ0v) is 12.6. The van der Waals surface area contributed by atoms with Crippen LogP contribution in [0.2, 0.25) is 0 Å². The second-order valence-electron chi connectivity index (χ2n) is 5.55. The Morgan fingerprint density at radius 1 is 1.30 bits per heavy atom. The number of hydrogen-bond acceptors (Lipinski definition) is 5. The molecule has 1 N–H and O–H groups in total. The highest BCUT2D eigenvalue weighted by molar-refractivity contribution is 5.55. The van der Waals surface area contributed by atoms with Crippen molar-refractivity contribution in [3.05, 3.63) is 62.8 Å². The molecule has 1 heterocycles. The standard InChI is InChI=1S/C17H16N4O2/c18-10-14-9-12-5-1-3-7-15(12)20-17(14)19-11-13-6-2-4-8-16(13)21(22)23/h2,4,6,8-9H,1,3,5,7,11H2,(H,19,20). The van der Waals surface area contributed by atoms with Crippen molar-refractivity contribution in [2.75, 3.05) is 5.32 Å². The molecule has 0 amide bonds. The lowest BCUT2D eigenvalue weighted by molar-refractivity contribution is -0.385. The van der Waals surface area contributed by atoms with Crippen LogP contribution in [0, 0.1) is 21.4 Å². The van der Waals surface area contributed by atoms with Gasteiger partial charge in [-0.2, -0.15) is 5.26 Å². The summed E-state index contributed by atoms with van der Waals surface area (Å²) in [5.74, 6) is 0.506. The van der Waals surface area contributed by atoms with Crippen LogP contribution in [-0.2, 0) is 19.4 Å². The Morgan fingerprint density at radius 2 is 2.09 bits per heavy atom. The minimum atomic E-state index is -0.400. The molecule has 0 saturated heterocycles. The van der Waals surface area contributed by atoms with E-state index in [0.29, 0.717) is 16.9 Å². The molecule has 1 aromatic heterocycles. The molecule has 1 aliphatic carbocycles. The Labute approximate surface area is 133 Å². The third kappa shape index (κ3) is 3.14. The number of nitriles is 1. The lowest BCUT2D eigenvalue weighted by atomic mass is 9.95. The first-order valence-corrected chi connectivity index (χ1v) is 7.58. The van der Waals surface area contributed by atoms with Crippen LogP contribution in [-0.4, -0.2) is 9.91 Å². The van der Waals surface area contributed by atoms with Crippen molar-refractivity contribution in [1.82, 2.24) is 4.98 Å². The maximum absolute atomic E-state index is 11.1. The number of nitrogens with one attached hydrogen (secondary N) is 1. The van der Waals surface area contributed by atoms with E-state index in [9.17, 15) is 15.4 Å². The van der Waals surface area contributed by atoms with E-state index in [1.165, 1.54) is 6.07 Å². The van der Waals surface area contributed by atoms with Crippen LogP contribution in [0.4, 0.5) is 11.5 Å². The average Bonchev–Trinajstić information content (AvgIpc) is 2.59. The molecule has 1 aromatic carbocycles. The number of rotatable bonds is 4. The third-order valence-corrected chi connectivity index (χ3v) is 4.06. The molecule has 0 radical (unpaired) electrons. The number of nitro benzene ring substituents is 1. The number of anilines is 1. The number of benzene rings is 1. The smallest absolute Gasteiger partial charge is 0.274 e. The molecule has 116 valence electrons. The number of pyridine rings is 1. The van der Waals surface area contributed by atoms with Crippen LogP contribution in [0.3, 0.4) is 0 Å². The quantitative estimate of drug-likeness (QED) is 0.690. The van der Waals surface area contributed by atoms with Crippen molar-refractivity contribution < 1.29 is 4.92 Å². The van der Waals surface area contributed by atoms with Crippen molar-refractivity contribution >= 4 is 11.5 Å². The number of hydrogen-bond donors (Lipinski definition) is 1. The SMILES string of the molecule is N#Cc1cc2c(nc1NCc1ccccc1[N+](=O)[O-])CCCC2. The van der Waals surface area contributed by atoms with Crippen LogP contribution < -0.4 is 5.32 Å². The van der Waals surface area contributed by atoms with Crippen molar-refractivity contribution in [2.24, 2.45) is 0 Å². The van der Waals surface area contributed by atoms with E-state index in [-0.39, 0.29) is 12.2 Å². The minimum absolute atomic E-state index is 0.0662. The van der Waals surface area contributed by atoms with Gasteiger partial charge in [0.15, 0.2) is 0 Å². The number of para-hydroxylation sites is 1. The van der Waals surface area contributed by atoms with E-state index in [1.54, 1.807) is 18.2 Å². The molecule has 0 bridgehead atoms. The first-order valence-electron chi connectivity index (χ1n) is 7.58. The molecule has 6 heteroatoms. The Balaban J connectivity index is 1.86. The molecule has 0 saturated carbocycles. The van der Waals surface area contributed by atoms with Gasteiger partial charge in [-0.3, -0.25) is 10.1 Å². The van der Waals surface area contributed by atoms with E-state index in [4.69, 9.17) is 0 Å². The van der Waals surface area contributed by atoms with Gasteiger partial charge in [-0.05, 0) is 37.3 Å². The number of nitrogens with zero attached hydrogens (tertiary/aromatic N) is 3. The number of nitro groups is 1. The van der Waals surface area contributed by atoms with Gasteiger partial charge in [0.05, 0.1) is 10.5 Å². The summed E-state index contributed by atoms with van der Waals surface area (Å²) in [4.78, 5) is 15.2. The van der Waals surface area contributed by atoms with Gasteiger partial charge in [-0.25, -0.2) is 4.98 Å². The minimum Gasteiger partial charge on any atom is -0.365 e. The molecular weight excluding hydrogens is 292 g/mol. The molecule has 3 rings (SSSR count). The predicted octanol–water partition coefficient (Wildman–Crippen LogP) is 3.35. The number of aromatic nitrogens is 1. The number of fused-ring (bicyclic) bond motifs is 1. The van der Waals surface area contributed by atoms with Crippen molar-refractivity contribution in [3.63, 3.8) is 0 Å². The molecule has 0 spiro atoms. The van der Waals surface area contributed by atoms with Crippen molar-refractivity contribution in [1.29, 1.82) is 5.26 Å². The predicted molar refractivity (Wildman–Crippen MR) is 86.0 cm³/mol. The second kappa shape index (κ2) is 6.44. The molecule has 1 aliphatic rings. The molecule has 0 unspecified atom stereocenters. The maximum atomic E-state index is 11.1. The summed E-state index contributed by atoms with van der Waals surface area (Å²) in [5.41, 5.74) is 3.30. The summed E-state index contributed by atoms with van der Waals surface area (Å²) in [5, 5.41) is 23.5. The fourth-order valence-corrected chi connectivity index (χ4v) is 2.87. The highest BCUT2D eigenvalue weighted by Gasteiger charge is 2.16. The highest BCUT2D eigenvalue weighted by Crippen LogP contribution is 2.25. The normalized spacial score (nSPS) is 13.0. The van der Waals surface area contributed by atoms with Crippen molar-refractivity contribution in [3.8, 4) is 6.07 Å². The van der Waals surface area contributed by atoms with Gasteiger partial charge < -0.3 is 5.32 Å². The Kier molecular flexibility index (Phi) is 4.20. The Morgan fingerprint density at radius 3 is 2.87 bits per heavy atom. The van der Waals surface area contributed by atoms with E-state index in [2.05, 4.69) is 16.4 Å². The lowest BCUT2D eigenvalue weighted by Crippen LogP contribution is -2.11. The highest BCUT2D eigenvalue weighted by atomic mass is 16.6. The van der Waals surface area contributed by atoms with E-state index in [0.717, 1.165) is 36.9 Å². The van der Waals surface area contributed by atoms with Gasteiger partial charge in [0, 0.05) is 23.9 Å². The molecule has 2 aromatic rings. The van der Waals surface area contributed by atoms with Crippen LogP contribution >= 0.6 is 0 Å². The monoisotopic (exact) mass is 308 g/mol. The fraction of sp³-hybridized carbons (Fsp3) is 0.294. The van der Waals surface area contributed by atoms with Crippen molar-refractivity contribution in [2.45, 2.75) is 32.2 Å². The lowest BCUT2D eigenvalue weighted by Gasteiger charge is -2.17. The molecule has 23 heavy (non-hydrogen) atoms. The summed E-state index contributed by atoms with van der Waals surface area (Å²) < 4.78 is 0. The van der Waals surface area contributed by atoms with Crippen LogP contribution in [0.1, 0.15) is 35.2 Å². The average molecular weight is 308 g/mol. The Hall–Kier alpha value is -2.94. The molecule has 6 nitrogen and oxygen atoms in total. The van der Waals surface area contributed by atoms with E-state index < -0.39 is 4.92 Å². The zero-order chi connectivity index (χ0) is 16.2. The number of aryl methyl sites for hydroxylation is 2. The largest absolute Gasteiger partial charge is 0.365 e. The molecule has 0 aliphatic heterocycles. The first kappa shape index (κ1) is 15.0. The Bertz CT molecular complexity index is 796. The second-order valence-corrected chi connectivity index (χ2v) is 5.55. The first-order chi connectivity index (χ1) is 11.2. The van der Waals surface area contributed by atoms with Gasteiger partial charge in [0.2, 0.25) is 0 Å². The summed E-state index contributed by atoms with van der Waals surface area (Å²) in [6.45, 7) is 0.262. The summed E-state index contributed by atoms with van der Waals surface area (Å²) in [6, 6.07) is 10.6. The molecule has 0 atom stereocenters. The molecular formula is C17H16N4O2. The topological polar surface area (TPSA) is 91.8 Å². The van der Waals surface area contributed by atoms with Gasteiger partial charge in [-0.1, -0.05) is 18.2 Å². The summed E-state index contributed by atoms with van der Waals surface area (Å²) in [6.07, 6.45) is 4.11. The summed E-state index contributed by atoms with van der Waals surface area (Å²) in [7, 11) is 0. The van der Waals surface area contributed by atoms with Crippen LogP contribution in [0.15, 0.2) is 30.3 Å². The molecule has 0 fully saturated rings. The zero-order valence-electron chi connectivity index (χ0n) is 12.6. The van der Waals surface area contributed by atoms with E-state index in [1.807, 2.05) is 6.07 Å².